The highest BCUT2D eigenvalue weighted by atomic mass is 35.5. The summed E-state index contributed by atoms with van der Waals surface area (Å²) in [7, 11) is 0. The Labute approximate surface area is 291 Å². The second-order valence-corrected chi connectivity index (χ2v) is 11.9. The van der Waals surface area contributed by atoms with Crippen molar-refractivity contribution in [3.63, 3.8) is 0 Å². The maximum Gasteiger partial charge on any atom is 0.407 e. The maximum absolute atomic E-state index is 13.4. The van der Waals surface area contributed by atoms with Crippen molar-refractivity contribution in [1.29, 1.82) is 0 Å². The largest absolute Gasteiger partial charge is 0.465 e. The molecule has 0 spiro atoms. The van der Waals surface area contributed by atoms with Gasteiger partial charge in [-0.3, -0.25) is 19.6 Å². The molecular weight excluding hydrogens is 674 g/mol. The molecule has 0 bridgehead atoms. The third kappa shape index (κ3) is 8.88. The number of carboxylic acid groups (broad SMARTS) is 1. The predicted octanol–water partition coefficient (Wildman–Crippen LogP) is 5.47. The van der Waals surface area contributed by atoms with Gasteiger partial charge in [-0.05, 0) is 54.3 Å². The second kappa shape index (κ2) is 16.5. The number of pyridine rings is 2. The fourth-order valence-corrected chi connectivity index (χ4v) is 5.93. The molecule has 5 rings (SSSR count). The van der Waals surface area contributed by atoms with Crippen molar-refractivity contribution in [2.45, 2.75) is 45.5 Å². The lowest BCUT2D eigenvalue weighted by Gasteiger charge is -2.18. The first-order valence-corrected chi connectivity index (χ1v) is 16.1. The molecule has 12 nitrogen and oxygen atoms in total. The molecule has 3 heterocycles. The van der Waals surface area contributed by atoms with Gasteiger partial charge < -0.3 is 35.8 Å². The number of nitrogens with one attached hydrogen (secondary N) is 3. The van der Waals surface area contributed by atoms with Crippen molar-refractivity contribution in [3.8, 4) is 28.1 Å². The molecule has 4 aromatic rings. The first kappa shape index (κ1) is 36.1. The van der Waals surface area contributed by atoms with E-state index in [2.05, 4.69) is 25.9 Å². The van der Waals surface area contributed by atoms with E-state index in [1.807, 2.05) is 13.0 Å². The van der Waals surface area contributed by atoms with Crippen LogP contribution in [0.4, 0.5) is 19.3 Å². The van der Waals surface area contributed by atoms with Crippen molar-refractivity contribution in [1.82, 2.24) is 25.5 Å². The number of halogens is 3. The van der Waals surface area contributed by atoms with Crippen LogP contribution >= 0.6 is 11.6 Å². The number of aliphatic hydroxyl groups is 1. The van der Waals surface area contributed by atoms with Gasteiger partial charge in [-0.25, -0.2) is 4.79 Å². The summed E-state index contributed by atoms with van der Waals surface area (Å²) < 4.78 is 31.7. The Bertz CT molecular complexity index is 1860. The lowest BCUT2D eigenvalue weighted by Crippen LogP contribution is -2.35. The molecular formula is C35H35ClF2N6O6. The van der Waals surface area contributed by atoms with Crippen molar-refractivity contribution >= 4 is 35.2 Å². The molecule has 0 unspecified atom stereocenters. The van der Waals surface area contributed by atoms with Crippen LogP contribution in [0.1, 0.15) is 40.0 Å². The number of hydrogen-bond acceptors (Lipinski definition) is 8. The molecule has 0 saturated carbocycles. The standard InChI is InChI=1S/C35H35ClF2N6O6/c1-20-25(3-2-4-27(20)43-33(47)28-9-5-21(16-41-28)19-44(13-14-45)35(48)49)26-11-12-40-32(31(26)36)22-6-7-23(29(15-22)50-34(37)38)17-39-18-24-8-10-30(46)42-24/h2-7,9,11-12,15-16,24,34,39,45H,8,10,13-14,17-19H2,1H3,(H,42,46)(H,43,47)(H,48,49)/t24-/m0/s1. The highest BCUT2D eigenvalue weighted by Gasteiger charge is 2.22. The summed E-state index contributed by atoms with van der Waals surface area (Å²) in [6.45, 7) is -0.895. The van der Waals surface area contributed by atoms with E-state index in [0.29, 0.717) is 64.1 Å². The number of carbonyl (C=O) groups is 3. The van der Waals surface area contributed by atoms with Gasteiger partial charge in [0.1, 0.15) is 11.4 Å². The van der Waals surface area contributed by atoms with Gasteiger partial charge in [-0.2, -0.15) is 8.78 Å². The fourth-order valence-electron chi connectivity index (χ4n) is 5.60. The van der Waals surface area contributed by atoms with Gasteiger partial charge in [-0.1, -0.05) is 41.9 Å². The first-order chi connectivity index (χ1) is 24.0. The van der Waals surface area contributed by atoms with E-state index in [0.717, 1.165) is 4.90 Å². The molecule has 2 aromatic carbocycles. The van der Waals surface area contributed by atoms with E-state index < -0.39 is 18.6 Å². The number of carbonyl (C=O) groups excluding carboxylic acids is 2. The normalized spacial score (nSPS) is 14.0. The predicted molar refractivity (Wildman–Crippen MR) is 182 cm³/mol. The Balaban J connectivity index is 1.34. The summed E-state index contributed by atoms with van der Waals surface area (Å²) in [4.78, 5) is 45.6. The monoisotopic (exact) mass is 708 g/mol. The van der Waals surface area contributed by atoms with E-state index >= 15 is 0 Å². The number of alkyl halides is 2. The Morgan fingerprint density at radius 3 is 2.64 bits per heavy atom. The third-order valence-corrected chi connectivity index (χ3v) is 8.56. The second-order valence-electron chi connectivity index (χ2n) is 11.6. The minimum atomic E-state index is -3.05. The molecule has 262 valence electrons. The number of hydrogen-bond donors (Lipinski definition) is 5. The Morgan fingerprint density at radius 2 is 1.96 bits per heavy atom. The van der Waals surface area contributed by atoms with Crippen LogP contribution < -0.4 is 20.7 Å². The average molecular weight is 709 g/mol. The van der Waals surface area contributed by atoms with Crippen LogP contribution in [-0.4, -0.2) is 75.3 Å². The van der Waals surface area contributed by atoms with Gasteiger partial charge in [0.05, 0.1) is 23.9 Å². The molecule has 15 heteroatoms. The molecule has 50 heavy (non-hydrogen) atoms. The van der Waals surface area contributed by atoms with Crippen molar-refractivity contribution < 1.29 is 38.1 Å². The van der Waals surface area contributed by atoms with Gasteiger partial charge in [-0.15, -0.1) is 0 Å². The topological polar surface area (TPSA) is 166 Å². The number of aromatic nitrogens is 2. The molecule has 1 atom stereocenters. The number of aliphatic hydroxyl groups excluding tert-OH is 1. The van der Waals surface area contributed by atoms with Crippen molar-refractivity contribution in [3.05, 3.63) is 94.4 Å². The van der Waals surface area contributed by atoms with E-state index in [1.54, 1.807) is 42.6 Å². The number of nitrogens with zero attached hydrogens (tertiary/aromatic N) is 3. The maximum atomic E-state index is 13.4. The van der Waals surface area contributed by atoms with E-state index in [4.69, 9.17) is 21.4 Å². The smallest absolute Gasteiger partial charge is 0.407 e. The minimum Gasteiger partial charge on any atom is -0.465 e. The van der Waals surface area contributed by atoms with Crippen molar-refractivity contribution in [2.75, 3.05) is 25.0 Å². The van der Waals surface area contributed by atoms with Crippen LogP contribution in [0.3, 0.4) is 0 Å². The van der Waals surface area contributed by atoms with Crippen molar-refractivity contribution in [2.24, 2.45) is 0 Å². The summed E-state index contributed by atoms with van der Waals surface area (Å²) in [6, 6.07) is 14.9. The van der Waals surface area contributed by atoms with Crippen LogP contribution in [0.15, 0.2) is 67.0 Å². The molecule has 0 radical (unpaired) electrons. The molecule has 5 N–H and O–H groups in total. The minimum absolute atomic E-state index is 0.00485. The fraction of sp³-hybridized carbons (Fsp3) is 0.286. The van der Waals surface area contributed by atoms with Gasteiger partial charge >= 0.3 is 12.7 Å². The van der Waals surface area contributed by atoms with Crippen LogP contribution in [0, 0.1) is 6.92 Å². The van der Waals surface area contributed by atoms with Gasteiger partial charge in [0.25, 0.3) is 5.91 Å². The number of ether oxygens (including phenoxy) is 1. The number of anilines is 1. The van der Waals surface area contributed by atoms with Crippen LogP contribution in [0.25, 0.3) is 22.4 Å². The molecule has 1 saturated heterocycles. The van der Waals surface area contributed by atoms with E-state index in [-0.39, 0.29) is 54.7 Å². The number of rotatable bonds is 14. The molecule has 2 aromatic heterocycles. The van der Waals surface area contributed by atoms with E-state index in [1.165, 1.54) is 18.3 Å². The molecule has 1 aliphatic heterocycles. The summed E-state index contributed by atoms with van der Waals surface area (Å²) in [5.41, 5.74) is 4.44. The Morgan fingerprint density at radius 1 is 1.14 bits per heavy atom. The first-order valence-electron chi connectivity index (χ1n) is 15.7. The Hall–Kier alpha value is -5.18. The molecule has 3 amide bonds. The summed E-state index contributed by atoms with van der Waals surface area (Å²) in [6.07, 6.45) is 2.94. The number of amides is 3. The SMILES string of the molecule is Cc1c(NC(=O)c2ccc(CN(CCO)C(=O)O)cn2)cccc1-c1ccnc(-c2ccc(CNC[C@@H]3CCC(=O)N3)c(OC(F)F)c2)c1Cl. The Kier molecular flexibility index (Phi) is 11.9. The van der Waals surface area contributed by atoms with Gasteiger partial charge in [0, 0.05) is 66.9 Å². The van der Waals surface area contributed by atoms with Gasteiger partial charge in [0.2, 0.25) is 5.91 Å². The lowest BCUT2D eigenvalue weighted by atomic mass is 9.97. The summed E-state index contributed by atoms with van der Waals surface area (Å²) >= 11 is 6.91. The third-order valence-electron chi connectivity index (χ3n) is 8.18. The number of benzene rings is 2. The quantitative estimate of drug-likeness (QED) is 0.114. The highest BCUT2D eigenvalue weighted by molar-refractivity contribution is 6.35. The van der Waals surface area contributed by atoms with Crippen LogP contribution in [0.5, 0.6) is 5.75 Å². The molecule has 1 aliphatic rings. The van der Waals surface area contributed by atoms with Crippen LogP contribution in [0.2, 0.25) is 5.02 Å². The zero-order valence-electron chi connectivity index (χ0n) is 27.0. The summed E-state index contributed by atoms with van der Waals surface area (Å²) in [5, 5.41) is 27.5. The molecule has 1 fully saturated rings. The summed E-state index contributed by atoms with van der Waals surface area (Å²) in [5.74, 6) is -0.529. The van der Waals surface area contributed by atoms with Gasteiger partial charge in [0.15, 0.2) is 0 Å². The lowest BCUT2D eigenvalue weighted by molar-refractivity contribution is -0.119. The average Bonchev–Trinajstić information content (AvgIpc) is 3.51. The molecule has 0 aliphatic carbocycles. The van der Waals surface area contributed by atoms with E-state index in [9.17, 15) is 28.3 Å². The zero-order chi connectivity index (χ0) is 35.8. The highest BCUT2D eigenvalue weighted by Crippen LogP contribution is 2.39. The zero-order valence-corrected chi connectivity index (χ0v) is 27.7. The van der Waals surface area contributed by atoms with Crippen LogP contribution in [-0.2, 0) is 17.9 Å².